The molecule has 1 N–H and O–H groups in total. The minimum absolute atomic E-state index is 0.290. The second-order valence-corrected chi connectivity index (χ2v) is 4.43. The first-order valence-electron chi connectivity index (χ1n) is 5.77. The molecule has 0 amide bonds. The molecule has 1 heterocycles. The normalized spacial score (nSPS) is 10.0. The van der Waals surface area contributed by atoms with Gasteiger partial charge in [0, 0.05) is 0 Å². The Labute approximate surface area is 115 Å². The van der Waals surface area contributed by atoms with Crippen molar-refractivity contribution in [2.75, 3.05) is 19.0 Å². The lowest BCUT2D eigenvalue weighted by Crippen LogP contribution is -2.07. The van der Waals surface area contributed by atoms with Gasteiger partial charge in [-0.15, -0.1) is 11.3 Å². The number of ether oxygens (including phenoxy) is 2. The van der Waals surface area contributed by atoms with Crippen LogP contribution in [0.4, 0.5) is 10.7 Å². The minimum Gasteiger partial charge on any atom is -0.495 e. The van der Waals surface area contributed by atoms with Gasteiger partial charge in [0.05, 0.1) is 24.9 Å². The van der Waals surface area contributed by atoms with E-state index in [2.05, 4.69) is 10.3 Å². The Hall–Kier alpha value is -2.08. The fraction of sp³-hybridized carbons (Fsp3) is 0.231. The average molecular weight is 278 g/mol. The van der Waals surface area contributed by atoms with Crippen molar-refractivity contribution in [1.29, 1.82) is 0 Å². The number of hydrogen-bond donors (Lipinski definition) is 1. The van der Waals surface area contributed by atoms with Crippen molar-refractivity contribution in [3.8, 4) is 5.75 Å². The predicted octanol–water partition coefficient (Wildman–Crippen LogP) is 3.07. The SMILES string of the molecule is CCOC(=O)c1ncsc1Nc1ccccc1OC. The third-order valence-corrected chi connectivity index (χ3v) is 3.13. The van der Waals surface area contributed by atoms with Crippen molar-refractivity contribution in [1.82, 2.24) is 4.98 Å². The summed E-state index contributed by atoms with van der Waals surface area (Å²) in [5.41, 5.74) is 2.67. The summed E-state index contributed by atoms with van der Waals surface area (Å²) in [4.78, 5) is 15.7. The van der Waals surface area contributed by atoms with E-state index in [1.54, 1.807) is 19.5 Å². The number of methoxy groups -OCH3 is 1. The number of anilines is 2. The van der Waals surface area contributed by atoms with Crippen molar-refractivity contribution in [3.05, 3.63) is 35.5 Å². The second kappa shape index (κ2) is 6.19. The maximum Gasteiger partial charge on any atom is 0.360 e. The monoisotopic (exact) mass is 278 g/mol. The number of hydrogen-bond acceptors (Lipinski definition) is 6. The Morgan fingerprint density at radius 1 is 1.42 bits per heavy atom. The van der Waals surface area contributed by atoms with E-state index in [1.165, 1.54) is 11.3 Å². The number of carbonyl (C=O) groups excluding carboxylic acids is 1. The molecule has 0 fully saturated rings. The summed E-state index contributed by atoms with van der Waals surface area (Å²) in [5.74, 6) is 0.270. The minimum atomic E-state index is -0.429. The van der Waals surface area contributed by atoms with Gasteiger partial charge in [0.25, 0.3) is 0 Å². The van der Waals surface area contributed by atoms with E-state index in [0.29, 0.717) is 17.4 Å². The zero-order chi connectivity index (χ0) is 13.7. The van der Waals surface area contributed by atoms with E-state index < -0.39 is 5.97 Å². The van der Waals surface area contributed by atoms with Crippen molar-refractivity contribution < 1.29 is 14.3 Å². The van der Waals surface area contributed by atoms with Crippen molar-refractivity contribution in [2.24, 2.45) is 0 Å². The maximum atomic E-state index is 11.7. The largest absolute Gasteiger partial charge is 0.495 e. The molecule has 1 aromatic heterocycles. The van der Waals surface area contributed by atoms with E-state index in [9.17, 15) is 4.79 Å². The van der Waals surface area contributed by atoms with Crippen LogP contribution in [-0.2, 0) is 4.74 Å². The number of nitrogens with one attached hydrogen (secondary N) is 1. The van der Waals surface area contributed by atoms with Crippen LogP contribution < -0.4 is 10.1 Å². The van der Waals surface area contributed by atoms with E-state index in [0.717, 1.165) is 5.69 Å². The van der Waals surface area contributed by atoms with Crippen LogP contribution in [0.2, 0.25) is 0 Å². The Morgan fingerprint density at radius 3 is 2.95 bits per heavy atom. The Morgan fingerprint density at radius 2 is 2.21 bits per heavy atom. The molecule has 0 radical (unpaired) electrons. The first kappa shape index (κ1) is 13.4. The van der Waals surface area contributed by atoms with Crippen LogP contribution >= 0.6 is 11.3 Å². The Kier molecular flexibility index (Phi) is 4.35. The molecule has 0 saturated heterocycles. The van der Waals surface area contributed by atoms with Crippen molar-refractivity contribution in [2.45, 2.75) is 6.92 Å². The molecule has 0 bridgehead atoms. The van der Waals surface area contributed by atoms with Crippen molar-refractivity contribution in [3.63, 3.8) is 0 Å². The molecule has 0 aliphatic heterocycles. The molecule has 0 atom stereocenters. The van der Waals surface area contributed by atoms with E-state index in [4.69, 9.17) is 9.47 Å². The van der Waals surface area contributed by atoms with Gasteiger partial charge in [-0.3, -0.25) is 0 Å². The lowest BCUT2D eigenvalue weighted by atomic mass is 10.3. The van der Waals surface area contributed by atoms with Gasteiger partial charge in [-0.1, -0.05) is 12.1 Å². The van der Waals surface area contributed by atoms with Crippen LogP contribution in [-0.4, -0.2) is 24.7 Å². The van der Waals surface area contributed by atoms with Gasteiger partial charge < -0.3 is 14.8 Å². The van der Waals surface area contributed by atoms with Gasteiger partial charge in [0.1, 0.15) is 10.8 Å². The average Bonchev–Trinajstić information content (AvgIpc) is 2.88. The summed E-state index contributed by atoms with van der Waals surface area (Å²) in [6.45, 7) is 2.09. The lowest BCUT2D eigenvalue weighted by molar-refractivity contribution is 0.0521. The van der Waals surface area contributed by atoms with Crippen LogP contribution in [0.1, 0.15) is 17.4 Å². The molecular formula is C13H14N2O3S. The van der Waals surface area contributed by atoms with Crippen LogP contribution in [0.3, 0.4) is 0 Å². The van der Waals surface area contributed by atoms with Gasteiger partial charge in [-0.25, -0.2) is 9.78 Å². The molecule has 6 heteroatoms. The fourth-order valence-corrected chi connectivity index (χ4v) is 2.23. The topological polar surface area (TPSA) is 60.5 Å². The molecule has 2 rings (SSSR count). The quantitative estimate of drug-likeness (QED) is 0.852. The van der Waals surface area contributed by atoms with E-state index >= 15 is 0 Å². The third kappa shape index (κ3) is 3.03. The lowest BCUT2D eigenvalue weighted by Gasteiger charge is -2.10. The smallest absolute Gasteiger partial charge is 0.360 e. The molecular weight excluding hydrogens is 264 g/mol. The molecule has 100 valence electrons. The van der Waals surface area contributed by atoms with Gasteiger partial charge in [0.15, 0.2) is 5.69 Å². The van der Waals surface area contributed by atoms with Gasteiger partial charge in [-0.2, -0.15) is 0 Å². The van der Waals surface area contributed by atoms with Gasteiger partial charge >= 0.3 is 5.97 Å². The van der Waals surface area contributed by atoms with Crippen LogP contribution in [0.5, 0.6) is 5.75 Å². The fourth-order valence-electron chi connectivity index (χ4n) is 1.55. The number of nitrogens with zero attached hydrogens (tertiary/aromatic N) is 1. The zero-order valence-corrected chi connectivity index (χ0v) is 11.5. The molecule has 0 spiro atoms. The molecule has 0 unspecified atom stereocenters. The number of para-hydroxylation sites is 2. The van der Waals surface area contributed by atoms with E-state index in [-0.39, 0.29) is 5.69 Å². The number of esters is 1. The molecule has 1 aromatic carbocycles. The molecule has 0 aliphatic carbocycles. The van der Waals surface area contributed by atoms with Crippen molar-refractivity contribution >= 4 is 28.0 Å². The van der Waals surface area contributed by atoms with Gasteiger partial charge in [0.2, 0.25) is 0 Å². The van der Waals surface area contributed by atoms with Crippen LogP contribution in [0.15, 0.2) is 29.8 Å². The summed E-state index contributed by atoms with van der Waals surface area (Å²) in [7, 11) is 1.60. The Balaban J connectivity index is 2.24. The number of aromatic nitrogens is 1. The first-order valence-corrected chi connectivity index (χ1v) is 6.65. The maximum absolute atomic E-state index is 11.7. The summed E-state index contributed by atoms with van der Waals surface area (Å²) >= 11 is 1.34. The summed E-state index contributed by atoms with van der Waals surface area (Å²) in [6, 6.07) is 7.47. The third-order valence-electron chi connectivity index (χ3n) is 2.39. The van der Waals surface area contributed by atoms with Gasteiger partial charge in [-0.05, 0) is 19.1 Å². The van der Waals surface area contributed by atoms with Crippen LogP contribution in [0, 0.1) is 0 Å². The molecule has 19 heavy (non-hydrogen) atoms. The number of rotatable bonds is 5. The highest BCUT2D eigenvalue weighted by Crippen LogP contribution is 2.31. The molecule has 0 aliphatic rings. The van der Waals surface area contributed by atoms with E-state index in [1.807, 2.05) is 24.3 Å². The highest BCUT2D eigenvalue weighted by Gasteiger charge is 2.17. The summed E-state index contributed by atoms with van der Waals surface area (Å²) in [6.07, 6.45) is 0. The molecule has 2 aromatic rings. The zero-order valence-electron chi connectivity index (χ0n) is 10.7. The second-order valence-electron chi connectivity index (χ2n) is 3.58. The highest BCUT2D eigenvalue weighted by atomic mass is 32.1. The molecule has 0 saturated carbocycles. The number of carbonyl (C=O) groups is 1. The van der Waals surface area contributed by atoms with Crippen LogP contribution in [0.25, 0.3) is 0 Å². The highest BCUT2D eigenvalue weighted by molar-refractivity contribution is 7.14. The molecule has 5 nitrogen and oxygen atoms in total. The predicted molar refractivity (Wildman–Crippen MR) is 74.3 cm³/mol. The number of benzene rings is 1. The number of thiazole rings is 1. The Bertz CT molecular complexity index is 569. The standard InChI is InChI=1S/C13H14N2O3S/c1-3-18-13(16)11-12(19-8-14-11)15-9-6-4-5-7-10(9)17-2/h4-8,15H,3H2,1-2H3. The summed E-state index contributed by atoms with van der Waals surface area (Å²) < 4.78 is 10.2. The first-order chi connectivity index (χ1) is 9.26. The summed E-state index contributed by atoms with van der Waals surface area (Å²) in [5, 5.41) is 3.78.